The van der Waals surface area contributed by atoms with E-state index in [0.717, 1.165) is 12.8 Å². The minimum absolute atomic E-state index is 1.14. The van der Waals surface area contributed by atoms with E-state index < -0.39 is 0 Å². The molecule has 1 nitrogen and oxygen atoms in total. The highest BCUT2D eigenvalue weighted by Gasteiger charge is 1.88. The van der Waals surface area contributed by atoms with Crippen molar-refractivity contribution >= 4 is 6.79 Å². The van der Waals surface area contributed by atoms with Gasteiger partial charge in [0.1, 0.15) is 6.79 Å². The fourth-order valence-corrected chi connectivity index (χ4v) is 1.01. The number of benzene rings is 1. The van der Waals surface area contributed by atoms with Gasteiger partial charge in [0.05, 0.1) is 0 Å². The SMILES string of the molecule is C=O.CCc1ccc(CC)cc1. The molecule has 0 unspecified atom stereocenters. The van der Waals surface area contributed by atoms with E-state index in [0.29, 0.717) is 0 Å². The second-order valence-electron chi connectivity index (χ2n) is 2.52. The van der Waals surface area contributed by atoms with Crippen LogP contribution in [0.3, 0.4) is 0 Å². The first-order valence-corrected chi connectivity index (χ1v) is 4.23. The Labute approximate surface area is 74.4 Å². The lowest BCUT2D eigenvalue weighted by atomic mass is 10.1. The number of carbonyl (C=O) groups is 1. The zero-order valence-corrected chi connectivity index (χ0v) is 7.84. The molecule has 0 heterocycles. The molecule has 1 aromatic carbocycles. The summed E-state index contributed by atoms with van der Waals surface area (Å²) in [5.41, 5.74) is 2.86. The fourth-order valence-electron chi connectivity index (χ4n) is 1.01. The Balaban J connectivity index is 0.000000561. The largest absolute Gasteiger partial charge is 0.307 e. The first-order chi connectivity index (χ1) is 5.86. The van der Waals surface area contributed by atoms with Crippen LogP contribution in [0.15, 0.2) is 24.3 Å². The van der Waals surface area contributed by atoms with Crippen molar-refractivity contribution in [2.45, 2.75) is 26.7 Å². The molecule has 0 aliphatic rings. The summed E-state index contributed by atoms with van der Waals surface area (Å²) in [6, 6.07) is 8.83. The molecular weight excluding hydrogens is 148 g/mol. The topological polar surface area (TPSA) is 17.1 Å². The molecule has 0 aromatic heterocycles. The molecule has 1 rings (SSSR count). The Hall–Kier alpha value is -1.11. The summed E-state index contributed by atoms with van der Waals surface area (Å²) in [6.45, 7) is 6.36. The number of hydrogen-bond donors (Lipinski definition) is 0. The lowest BCUT2D eigenvalue weighted by Crippen LogP contribution is -1.81. The summed E-state index contributed by atoms with van der Waals surface area (Å²) in [7, 11) is 0. The summed E-state index contributed by atoms with van der Waals surface area (Å²) in [6.07, 6.45) is 2.29. The third kappa shape index (κ3) is 3.33. The highest BCUT2D eigenvalue weighted by atomic mass is 16.1. The Morgan fingerprint density at radius 1 is 0.917 bits per heavy atom. The first kappa shape index (κ1) is 10.9. The Morgan fingerprint density at radius 2 is 1.17 bits per heavy atom. The van der Waals surface area contributed by atoms with Crippen LogP contribution in [0.25, 0.3) is 0 Å². The normalized spacial score (nSPS) is 8.50. The number of hydrogen-bond acceptors (Lipinski definition) is 1. The molecule has 0 atom stereocenters. The molecule has 0 N–H and O–H groups in total. The van der Waals surface area contributed by atoms with Gasteiger partial charge in [-0.2, -0.15) is 0 Å². The van der Waals surface area contributed by atoms with Gasteiger partial charge in [-0.05, 0) is 24.0 Å². The van der Waals surface area contributed by atoms with Gasteiger partial charge >= 0.3 is 0 Å². The van der Waals surface area contributed by atoms with Gasteiger partial charge in [0.2, 0.25) is 0 Å². The Morgan fingerprint density at radius 3 is 1.33 bits per heavy atom. The Bertz CT molecular complexity index is 178. The predicted molar refractivity (Wildman–Crippen MR) is 52.3 cm³/mol. The van der Waals surface area contributed by atoms with Crippen LogP contribution in [-0.4, -0.2) is 6.79 Å². The molecule has 1 heteroatoms. The van der Waals surface area contributed by atoms with E-state index in [-0.39, 0.29) is 0 Å². The maximum Gasteiger partial charge on any atom is 0.106 e. The van der Waals surface area contributed by atoms with Crippen LogP contribution < -0.4 is 0 Å². The van der Waals surface area contributed by atoms with Crippen LogP contribution in [-0.2, 0) is 17.6 Å². The highest BCUT2D eigenvalue weighted by Crippen LogP contribution is 2.04. The predicted octanol–water partition coefficient (Wildman–Crippen LogP) is 2.63. The molecular formula is C11H16O. The van der Waals surface area contributed by atoms with E-state index in [1.807, 2.05) is 6.79 Å². The van der Waals surface area contributed by atoms with E-state index in [9.17, 15) is 0 Å². The first-order valence-electron chi connectivity index (χ1n) is 4.23. The molecule has 0 spiro atoms. The molecule has 0 saturated carbocycles. The van der Waals surface area contributed by atoms with Crippen LogP contribution in [0.2, 0.25) is 0 Å². The molecule has 0 radical (unpaired) electrons. The van der Waals surface area contributed by atoms with Crippen molar-refractivity contribution < 1.29 is 4.79 Å². The van der Waals surface area contributed by atoms with Crippen molar-refractivity contribution in [1.29, 1.82) is 0 Å². The molecule has 66 valence electrons. The van der Waals surface area contributed by atoms with Crippen LogP contribution in [0, 0.1) is 0 Å². The van der Waals surface area contributed by atoms with Crippen molar-refractivity contribution in [3.63, 3.8) is 0 Å². The van der Waals surface area contributed by atoms with Gasteiger partial charge in [0.15, 0.2) is 0 Å². The minimum atomic E-state index is 1.14. The maximum atomic E-state index is 8.00. The van der Waals surface area contributed by atoms with E-state index in [1.165, 1.54) is 11.1 Å². The van der Waals surface area contributed by atoms with Gasteiger partial charge in [0.25, 0.3) is 0 Å². The summed E-state index contributed by atoms with van der Waals surface area (Å²) >= 11 is 0. The van der Waals surface area contributed by atoms with Crippen LogP contribution >= 0.6 is 0 Å². The molecule has 0 aliphatic carbocycles. The molecule has 0 bridgehead atoms. The fraction of sp³-hybridized carbons (Fsp3) is 0.364. The van der Waals surface area contributed by atoms with Crippen molar-refractivity contribution in [2.24, 2.45) is 0 Å². The summed E-state index contributed by atoms with van der Waals surface area (Å²) in [5.74, 6) is 0. The molecule has 0 fully saturated rings. The quantitative estimate of drug-likeness (QED) is 0.656. The summed E-state index contributed by atoms with van der Waals surface area (Å²) in [5, 5.41) is 0. The van der Waals surface area contributed by atoms with Gasteiger partial charge < -0.3 is 4.79 Å². The highest BCUT2D eigenvalue weighted by molar-refractivity contribution is 5.22. The minimum Gasteiger partial charge on any atom is -0.307 e. The van der Waals surface area contributed by atoms with Crippen LogP contribution in [0.1, 0.15) is 25.0 Å². The third-order valence-electron chi connectivity index (χ3n) is 1.84. The molecule has 0 amide bonds. The van der Waals surface area contributed by atoms with E-state index >= 15 is 0 Å². The molecule has 0 saturated heterocycles. The Kier molecular flexibility index (Phi) is 5.98. The maximum absolute atomic E-state index is 8.00. The smallest absolute Gasteiger partial charge is 0.106 e. The number of aryl methyl sites for hydroxylation is 2. The second-order valence-corrected chi connectivity index (χ2v) is 2.52. The van der Waals surface area contributed by atoms with E-state index in [4.69, 9.17) is 4.79 Å². The molecule has 0 aliphatic heterocycles. The zero-order valence-electron chi connectivity index (χ0n) is 7.84. The van der Waals surface area contributed by atoms with Gasteiger partial charge in [-0.1, -0.05) is 38.1 Å². The van der Waals surface area contributed by atoms with Gasteiger partial charge in [-0.25, -0.2) is 0 Å². The standard InChI is InChI=1S/C10H14.CH2O/c1-3-9-5-7-10(4-2)8-6-9;1-2/h5-8H,3-4H2,1-2H3;1H2. The van der Waals surface area contributed by atoms with Gasteiger partial charge in [0, 0.05) is 0 Å². The van der Waals surface area contributed by atoms with Crippen molar-refractivity contribution in [2.75, 3.05) is 0 Å². The zero-order chi connectivity index (χ0) is 9.40. The van der Waals surface area contributed by atoms with Crippen molar-refractivity contribution in [3.05, 3.63) is 35.4 Å². The summed E-state index contributed by atoms with van der Waals surface area (Å²) < 4.78 is 0. The second kappa shape index (κ2) is 6.59. The van der Waals surface area contributed by atoms with Crippen LogP contribution in [0.5, 0.6) is 0 Å². The lowest BCUT2D eigenvalue weighted by molar-refractivity contribution is -0.0979. The van der Waals surface area contributed by atoms with Gasteiger partial charge in [-0.3, -0.25) is 0 Å². The summed E-state index contributed by atoms with van der Waals surface area (Å²) in [4.78, 5) is 8.00. The molecule has 12 heavy (non-hydrogen) atoms. The molecule has 1 aromatic rings. The average molecular weight is 164 g/mol. The number of rotatable bonds is 2. The monoisotopic (exact) mass is 164 g/mol. The third-order valence-corrected chi connectivity index (χ3v) is 1.84. The van der Waals surface area contributed by atoms with E-state index in [2.05, 4.69) is 38.1 Å². The van der Waals surface area contributed by atoms with Crippen molar-refractivity contribution in [1.82, 2.24) is 0 Å². The van der Waals surface area contributed by atoms with Crippen LogP contribution in [0.4, 0.5) is 0 Å². The lowest BCUT2D eigenvalue weighted by Gasteiger charge is -1.97. The average Bonchev–Trinajstić information content (AvgIpc) is 2.21. The van der Waals surface area contributed by atoms with Crippen molar-refractivity contribution in [3.8, 4) is 0 Å². The number of carbonyl (C=O) groups excluding carboxylic acids is 1. The van der Waals surface area contributed by atoms with E-state index in [1.54, 1.807) is 0 Å². The van der Waals surface area contributed by atoms with Gasteiger partial charge in [-0.15, -0.1) is 0 Å².